The molecular formula is C27H32N2O6. The van der Waals surface area contributed by atoms with Gasteiger partial charge in [-0.3, -0.25) is 4.79 Å². The Balaban J connectivity index is 1.28. The fraction of sp³-hybridized carbons (Fsp3) is 0.444. The molecule has 8 nitrogen and oxygen atoms in total. The highest BCUT2D eigenvalue weighted by atomic mass is 16.5. The molecule has 4 rings (SSSR count). The van der Waals surface area contributed by atoms with Crippen LogP contribution in [0.2, 0.25) is 0 Å². The van der Waals surface area contributed by atoms with Gasteiger partial charge in [-0.05, 0) is 41.0 Å². The fourth-order valence-corrected chi connectivity index (χ4v) is 5.25. The molecule has 0 spiro atoms. The molecule has 0 aliphatic heterocycles. The van der Waals surface area contributed by atoms with Crippen LogP contribution in [0.1, 0.15) is 49.1 Å². The molecule has 3 atom stereocenters. The number of fused-ring (bicyclic) bond motifs is 3. The molecule has 2 aromatic rings. The highest BCUT2D eigenvalue weighted by Gasteiger charge is 2.32. The van der Waals surface area contributed by atoms with Crippen molar-refractivity contribution in [1.82, 2.24) is 10.6 Å². The monoisotopic (exact) mass is 480 g/mol. The van der Waals surface area contributed by atoms with Crippen LogP contribution in [0.15, 0.2) is 48.5 Å². The molecule has 2 aromatic carbocycles. The number of benzene rings is 2. The molecule has 2 aliphatic carbocycles. The second kappa shape index (κ2) is 11.4. The Morgan fingerprint density at radius 2 is 1.57 bits per heavy atom. The van der Waals surface area contributed by atoms with Crippen molar-refractivity contribution >= 4 is 18.0 Å². The van der Waals surface area contributed by atoms with E-state index in [1.165, 1.54) is 11.1 Å². The number of alkyl carbamates (subject to hydrolysis) is 1. The summed E-state index contributed by atoms with van der Waals surface area (Å²) >= 11 is 0. The molecule has 0 bridgehead atoms. The van der Waals surface area contributed by atoms with Gasteiger partial charge >= 0.3 is 12.1 Å². The first-order chi connectivity index (χ1) is 17.0. The van der Waals surface area contributed by atoms with E-state index in [-0.39, 0.29) is 43.2 Å². The number of hydrogen-bond acceptors (Lipinski definition) is 5. The zero-order chi connectivity index (χ0) is 24.8. The number of hydrogen-bond donors (Lipinski definition) is 4. The fourth-order valence-electron chi connectivity index (χ4n) is 5.25. The molecule has 8 heteroatoms. The second-order valence-electron chi connectivity index (χ2n) is 9.29. The van der Waals surface area contributed by atoms with Crippen LogP contribution >= 0.6 is 0 Å². The van der Waals surface area contributed by atoms with Crippen molar-refractivity contribution in [2.45, 2.75) is 44.1 Å². The Hall–Kier alpha value is -3.39. The number of carbonyl (C=O) groups is 3. The molecule has 2 aliphatic rings. The maximum Gasteiger partial charge on any atom is 0.407 e. The zero-order valence-corrected chi connectivity index (χ0v) is 19.6. The van der Waals surface area contributed by atoms with Gasteiger partial charge in [0, 0.05) is 31.3 Å². The quantitative estimate of drug-likeness (QED) is 0.437. The lowest BCUT2D eigenvalue weighted by Gasteiger charge is -2.30. The van der Waals surface area contributed by atoms with Gasteiger partial charge in [0.05, 0.1) is 0 Å². The zero-order valence-electron chi connectivity index (χ0n) is 19.6. The number of carbonyl (C=O) groups excluding carboxylic acids is 2. The molecule has 2 amide bonds. The minimum atomic E-state index is -1.49. The summed E-state index contributed by atoms with van der Waals surface area (Å²) in [5.74, 6) is -1.76. The molecule has 1 unspecified atom stereocenters. The number of carboxylic acids is 1. The van der Waals surface area contributed by atoms with Gasteiger partial charge < -0.3 is 25.6 Å². The predicted molar refractivity (Wildman–Crippen MR) is 130 cm³/mol. The van der Waals surface area contributed by atoms with E-state index in [4.69, 9.17) is 9.84 Å². The van der Waals surface area contributed by atoms with Gasteiger partial charge in [0.2, 0.25) is 5.91 Å². The van der Waals surface area contributed by atoms with E-state index in [1.54, 1.807) is 0 Å². The second-order valence-corrected chi connectivity index (χ2v) is 9.29. The number of aliphatic hydroxyl groups excluding tert-OH is 1. The summed E-state index contributed by atoms with van der Waals surface area (Å²) in [5, 5.41) is 23.7. The van der Waals surface area contributed by atoms with Gasteiger partial charge in [-0.1, -0.05) is 61.4 Å². The Labute approximate surface area is 204 Å². The molecule has 1 fully saturated rings. The first-order valence-corrected chi connectivity index (χ1v) is 12.2. The average Bonchev–Trinajstić information content (AvgIpc) is 3.20. The van der Waals surface area contributed by atoms with Crippen LogP contribution in [0.3, 0.4) is 0 Å². The normalized spacial score (nSPS) is 19.8. The summed E-state index contributed by atoms with van der Waals surface area (Å²) in [6.07, 6.45) is 1.41. The van der Waals surface area contributed by atoms with E-state index in [0.717, 1.165) is 30.4 Å². The summed E-state index contributed by atoms with van der Waals surface area (Å²) < 4.78 is 5.61. The van der Waals surface area contributed by atoms with Crippen LogP contribution in [0, 0.1) is 11.8 Å². The lowest BCUT2D eigenvalue weighted by molar-refractivity contribution is -0.147. The average molecular weight is 481 g/mol. The van der Waals surface area contributed by atoms with E-state index in [1.807, 2.05) is 24.3 Å². The van der Waals surface area contributed by atoms with Crippen LogP contribution in [0.4, 0.5) is 4.79 Å². The molecule has 1 saturated carbocycles. The van der Waals surface area contributed by atoms with E-state index in [0.29, 0.717) is 13.0 Å². The number of aliphatic carboxylic acids is 1. The predicted octanol–water partition coefficient (Wildman–Crippen LogP) is 3.28. The summed E-state index contributed by atoms with van der Waals surface area (Å²) in [5.41, 5.74) is 4.64. The Morgan fingerprint density at radius 1 is 0.943 bits per heavy atom. The third-order valence-electron chi connectivity index (χ3n) is 7.10. The standard InChI is InChI=1S/C27H32N2O6/c30-24(26(32)33)13-14-28-25(31)18-8-2-1-7-17(18)15-29-27(34)35-16-23-21-11-5-3-9-19(21)20-10-4-6-12-22(20)23/h3-6,9-12,17-18,23-24,30H,1-2,7-8,13-16H2,(H,28,31)(H,29,34)(H,32,33)/t17-,18-,24?/m1/s1. The molecule has 4 N–H and O–H groups in total. The molecule has 0 heterocycles. The first kappa shape index (κ1) is 24.7. The molecular weight excluding hydrogens is 448 g/mol. The van der Waals surface area contributed by atoms with Gasteiger partial charge in [0.1, 0.15) is 6.61 Å². The minimum absolute atomic E-state index is 0.0116. The van der Waals surface area contributed by atoms with Crippen molar-refractivity contribution < 1.29 is 29.3 Å². The van der Waals surface area contributed by atoms with Crippen molar-refractivity contribution in [3.05, 3.63) is 59.7 Å². The van der Waals surface area contributed by atoms with Gasteiger partial charge in [0.25, 0.3) is 0 Å². The SMILES string of the molecule is O=C(NC[C@H]1CCCC[C@H]1C(=O)NCCC(O)C(=O)O)OCC1c2ccccc2-c2ccccc21. The van der Waals surface area contributed by atoms with Crippen LogP contribution in [0.5, 0.6) is 0 Å². The highest BCUT2D eigenvalue weighted by molar-refractivity contribution is 5.80. The number of nitrogens with one attached hydrogen (secondary N) is 2. The number of ether oxygens (including phenoxy) is 1. The third-order valence-corrected chi connectivity index (χ3v) is 7.10. The molecule has 0 saturated heterocycles. The molecule has 186 valence electrons. The van der Waals surface area contributed by atoms with Crippen molar-refractivity contribution in [1.29, 1.82) is 0 Å². The van der Waals surface area contributed by atoms with Gasteiger partial charge in [-0.15, -0.1) is 0 Å². The third kappa shape index (κ3) is 5.82. The van der Waals surface area contributed by atoms with Crippen molar-refractivity contribution in [3.8, 4) is 11.1 Å². The van der Waals surface area contributed by atoms with Gasteiger partial charge in [0.15, 0.2) is 6.10 Å². The Morgan fingerprint density at radius 3 is 2.23 bits per heavy atom. The lowest BCUT2D eigenvalue weighted by Crippen LogP contribution is -2.42. The van der Waals surface area contributed by atoms with Crippen molar-refractivity contribution in [3.63, 3.8) is 0 Å². The number of amides is 2. The number of aliphatic hydroxyl groups is 1. The Bertz CT molecular complexity index is 1030. The van der Waals surface area contributed by atoms with Crippen LogP contribution in [-0.4, -0.2) is 54.0 Å². The lowest BCUT2D eigenvalue weighted by atomic mass is 9.78. The summed E-state index contributed by atoms with van der Waals surface area (Å²) in [6.45, 7) is 0.669. The first-order valence-electron chi connectivity index (χ1n) is 12.2. The summed E-state index contributed by atoms with van der Waals surface area (Å²) in [6, 6.07) is 16.3. The number of carboxylic acid groups (broad SMARTS) is 1. The van der Waals surface area contributed by atoms with E-state index in [2.05, 4.69) is 34.9 Å². The molecule has 35 heavy (non-hydrogen) atoms. The Kier molecular flexibility index (Phi) is 8.02. The maximum absolute atomic E-state index is 12.7. The maximum atomic E-state index is 12.7. The molecule has 0 radical (unpaired) electrons. The van der Waals surface area contributed by atoms with Gasteiger partial charge in [-0.25, -0.2) is 9.59 Å². The van der Waals surface area contributed by atoms with Crippen LogP contribution in [0.25, 0.3) is 11.1 Å². The topological polar surface area (TPSA) is 125 Å². The van der Waals surface area contributed by atoms with E-state index >= 15 is 0 Å². The van der Waals surface area contributed by atoms with Crippen LogP contribution in [-0.2, 0) is 14.3 Å². The van der Waals surface area contributed by atoms with Gasteiger partial charge in [-0.2, -0.15) is 0 Å². The number of rotatable bonds is 9. The largest absolute Gasteiger partial charge is 0.479 e. The van der Waals surface area contributed by atoms with E-state index < -0.39 is 18.2 Å². The minimum Gasteiger partial charge on any atom is -0.479 e. The van der Waals surface area contributed by atoms with Crippen molar-refractivity contribution in [2.75, 3.05) is 19.7 Å². The molecule has 0 aromatic heterocycles. The van der Waals surface area contributed by atoms with Crippen molar-refractivity contribution in [2.24, 2.45) is 11.8 Å². The van der Waals surface area contributed by atoms with E-state index in [9.17, 15) is 19.5 Å². The summed E-state index contributed by atoms with van der Waals surface area (Å²) in [4.78, 5) is 35.9. The smallest absolute Gasteiger partial charge is 0.407 e. The van der Waals surface area contributed by atoms with Crippen LogP contribution < -0.4 is 10.6 Å². The highest BCUT2D eigenvalue weighted by Crippen LogP contribution is 2.44. The summed E-state index contributed by atoms with van der Waals surface area (Å²) in [7, 11) is 0.